The van der Waals surface area contributed by atoms with Gasteiger partial charge in [-0.1, -0.05) is 29.8 Å². The fourth-order valence-electron chi connectivity index (χ4n) is 3.74. The molecule has 26 heavy (non-hydrogen) atoms. The third-order valence-corrected chi connectivity index (χ3v) is 5.36. The van der Waals surface area contributed by atoms with Crippen LogP contribution in [0.5, 0.6) is 0 Å². The normalized spacial score (nSPS) is 15.5. The van der Waals surface area contributed by atoms with E-state index in [0.29, 0.717) is 5.69 Å². The van der Waals surface area contributed by atoms with Crippen LogP contribution in [0.25, 0.3) is 11.6 Å². The summed E-state index contributed by atoms with van der Waals surface area (Å²) < 4.78 is 1.94. The molecule has 1 atom stereocenters. The van der Waals surface area contributed by atoms with Gasteiger partial charge in [-0.3, -0.25) is 4.98 Å². The van der Waals surface area contributed by atoms with Gasteiger partial charge in [0, 0.05) is 25.4 Å². The molecule has 4 nitrogen and oxygen atoms in total. The van der Waals surface area contributed by atoms with Crippen LogP contribution in [0.15, 0.2) is 42.9 Å². The zero-order valence-electron chi connectivity index (χ0n) is 15.6. The molecule has 1 N–H and O–H groups in total. The zero-order chi connectivity index (χ0) is 18.5. The Bertz CT molecular complexity index is 1030. The predicted molar refractivity (Wildman–Crippen MR) is 104 cm³/mol. The number of aryl methyl sites for hydroxylation is 2. The van der Waals surface area contributed by atoms with Crippen molar-refractivity contribution >= 4 is 11.6 Å². The van der Waals surface area contributed by atoms with Crippen LogP contribution >= 0.6 is 0 Å². The fourth-order valence-corrected chi connectivity index (χ4v) is 3.74. The summed E-state index contributed by atoms with van der Waals surface area (Å²) in [5, 5.41) is 11.6. The van der Waals surface area contributed by atoms with Crippen LogP contribution < -0.4 is 0 Å². The highest BCUT2D eigenvalue weighted by Crippen LogP contribution is 2.41. The largest absolute Gasteiger partial charge is 0.379 e. The van der Waals surface area contributed by atoms with E-state index in [1.165, 1.54) is 11.1 Å². The average Bonchev–Trinajstić information content (AvgIpc) is 2.86. The van der Waals surface area contributed by atoms with Gasteiger partial charge in [-0.05, 0) is 55.2 Å². The van der Waals surface area contributed by atoms with Gasteiger partial charge < -0.3 is 9.67 Å². The molecule has 1 aliphatic carbocycles. The lowest BCUT2D eigenvalue weighted by Gasteiger charge is -2.27. The van der Waals surface area contributed by atoms with E-state index in [-0.39, 0.29) is 0 Å². The summed E-state index contributed by atoms with van der Waals surface area (Å²) in [5.41, 5.74) is 6.79. The number of hydrogen-bond donors (Lipinski definition) is 1. The van der Waals surface area contributed by atoms with Crippen LogP contribution in [0, 0.1) is 13.8 Å². The molecule has 0 aliphatic heterocycles. The Morgan fingerprint density at radius 1 is 1.15 bits per heavy atom. The molecule has 4 rings (SSSR count). The number of rotatable bonds is 2. The summed E-state index contributed by atoms with van der Waals surface area (Å²) in [6, 6.07) is 10.4. The molecule has 0 saturated heterocycles. The Morgan fingerprint density at radius 3 is 2.69 bits per heavy atom. The molecule has 1 unspecified atom stereocenters. The molecule has 132 valence electrons. The number of aliphatic hydroxyl groups is 1. The Labute approximate surface area is 153 Å². The second-order valence-electron chi connectivity index (χ2n) is 7.30. The molecule has 0 radical (unpaired) electrons. The van der Waals surface area contributed by atoms with Crippen molar-refractivity contribution in [1.82, 2.24) is 14.5 Å². The minimum absolute atomic E-state index is 0.686. The first-order valence-electron chi connectivity index (χ1n) is 8.84. The van der Waals surface area contributed by atoms with E-state index in [1.54, 1.807) is 6.33 Å². The summed E-state index contributed by atoms with van der Waals surface area (Å²) in [6.45, 7) is 5.90. The van der Waals surface area contributed by atoms with Gasteiger partial charge in [-0.15, -0.1) is 0 Å². The number of imidazole rings is 1. The van der Waals surface area contributed by atoms with Gasteiger partial charge in [-0.2, -0.15) is 0 Å². The predicted octanol–water partition coefficient (Wildman–Crippen LogP) is 3.78. The van der Waals surface area contributed by atoms with Crippen molar-refractivity contribution in [2.45, 2.75) is 32.8 Å². The van der Waals surface area contributed by atoms with Crippen LogP contribution in [-0.4, -0.2) is 19.6 Å². The maximum absolute atomic E-state index is 11.6. The lowest BCUT2D eigenvalue weighted by molar-refractivity contribution is 0.118. The van der Waals surface area contributed by atoms with E-state index >= 15 is 0 Å². The van der Waals surface area contributed by atoms with Gasteiger partial charge in [0.15, 0.2) is 0 Å². The molecule has 1 aromatic carbocycles. The highest BCUT2D eigenvalue weighted by atomic mass is 16.3. The topological polar surface area (TPSA) is 50.9 Å². The Kier molecular flexibility index (Phi) is 3.81. The standard InChI is InChI=1S/C22H23N3O/c1-14-7-8-16-12-20-17(6-5-9-23-20)11-19(18(16)10-14)22(3,26)21-15(2)25(4)13-24-21/h5-11,13,26H,12H2,1-4H3. The monoisotopic (exact) mass is 345 g/mol. The van der Waals surface area contributed by atoms with Crippen molar-refractivity contribution in [3.05, 3.63) is 82.2 Å². The van der Waals surface area contributed by atoms with Crippen LogP contribution in [0.4, 0.5) is 0 Å². The molecule has 3 aromatic rings. The van der Waals surface area contributed by atoms with Gasteiger partial charge >= 0.3 is 0 Å². The summed E-state index contributed by atoms with van der Waals surface area (Å²) in [7, 11) is 1.95. The first kappa shape index (κ1) is 16.7. The second-order valence-corrected chi connectivity index (χ2v) is 7.30. The van der Waals surface area contributed by atoms with Crippen LogP contribution in [-0.2, 0) is 19.1 Å². The Morgan fingerprint density at radius 2 is 1.96 bits per heavy atom. The molecule has 0 bridgehead atoms. The van der Waals surface area contributed by atoms with E-state index in [0.717, 1.165) is 34.5 Å². The van der Waals surface area contributed by atoms with Gasteiger partial charge in [0.25, 0.3) is 0 Å². The number of benzene rings is 1. The third-order valence-electron chi connectivity index (χ3n) is 5.36. The van der Waals surface area contributed by atoms with Crippen LogP contribution in [0.2, 0.25) is 0 Å². The summed E-state index contributed by atoms with van der Waals surface area (Å²) in [4.78, 5) is 9.07. The average molecular weight is 345 g/mol. The summed E-state index contributed by atoms with van der Waals surface area (Å²) >= 11 is 0. The smallest absolute Gasteiger partial charge is 0.131 e. The third kappa shape index (κ3) is 2.58. The lowest BCUT2D eigenvalue weighted by Crippen LogP contribution is -2.25. The van der Waals surface area contributed by atoms with Gasteiger partial charge in [0.1, 0.15) is 5.60 Å². The van der Waals surface area contributed by atoms with Crippen molar-refractivity contribution < 1.29 is 5.11 Å². The van der Waals surface area contributed by atoms with Gasteiger partial charge in [0.05, 0.1) is 17.7 Å². The fraction of sp³-hybridized carbons (Fsp3) is 0.273. The van der Waals surface area contributed by atoms with Gasteiger partial charge in [0.2, 0.25) is 0 Å². The molecule has 4 heteroatoms. The molecule has 0 saturated carbocycles. The molecule has 0 fully saturated rings. The zero-order valence-corrected chi connectivity index (χ0v) is 15.6. The number of pyridine rings is 1. The van der Waals surface area contributed by atoms with E-state index < -0.39 is 5.60 Å². The van der Waals surface area contributed by atoms with Crippen molar-refractivity contribution in [2.24, 2.45) is 7.05 Å². The van der Waals surface area contributed by atoms with Gasteiger partial charge in [-0.25, -0.2) is 4.98 Å². The van der Waals surface area contributed by atoms with E-state index in [1.807, 2.05) is 37.7 Å². The maximum Gasteiger partial charge on any atom is 0.131 e. The number of aromatic nitrogens is 3. The number of fused-ring (bicyclic) bond motifs is 2. The van der Waals surface area contributed by atoms with Crippen molar-refractivity contribution in [3.63, 3.8) is 0 Å². The lowest BCUT2D eigenvalue weighted by atomic mass is 9.83. The Hall–Kier alpha value is -2.72. The Balaban J connectivity index is 2.00. The molecule has 2 aromatic heterocycles. The number of hydrogen-bond acceptors (Lipinski definition) is 3. The number of nitrogens with zero attached hydrogens (tertiary/aromatic N) is 3. The quantitative estimate of drug-likeness (QED) is 0.769. The minimum atomic E-state index is -1.20. The SMILES string of the molecule is Cc1ccc2c(c1)C(C(C)(O)c1ncn(C)c1C)=Cc1cccnc1C2. The highest BCUT2D eigenvalue weighted by Gasteiger charge is 2.35. The molecule has 0 amide bonds. The summed E-state index contributed by atoms with van der Waals surface area (Å²) in [5.74, 6) is 0. The van der Waals surface area contributed by atoms with Crippen LogP contribution in [0.3, 0.4) is 0 Å². The van der Waals surface area contributed by atoms with Crippen molar-refractivity contribution in [3.8, 4) is 0 Å². The van der Waals surface area contributed by atoms with Crippen molar-refractivity contribution in [2.75, 3.05) is 0 Å². The first-order chi connectivity index (χ1) is 12.4. The minimum Gasteiger partial charge on any atom is -0.379 e. The van der Waals surface area contributed by atoms with E-state index in [4.69, 9.17) is 0 Å². The second kappa shape index (κ2) is 5.92. The van der Waals surface area contributed by atoms with Crippen molar-refractivity contribution in [1.29, 1.82) is 0 Å². The summed E-state index contributed by atoms with van der Waals surface area (Å²) in [6.07, 6.45) is 6.40. The van der Waals surface area contributed by atoms with E-state index in [2.05, 4.69) is 47.2 Å². The molecular weight excluding hydrogens is 322 g/mol. The molecule has 2 heterocycles. The maximum atomic E-state index is 11.6. The van der Waals surface area contributed by atoms with Crippen LogP contribution in [0.1, 0.15) is 46.3 Å². The first-order valence-corrected chi connectivity index (χ1v) is 8.84. The van der Waals surface area contributed by atoms with E-state index in [9.17, 15) is 5.11 Å². The highest BCUT2D eigenvalue weighted by molar-refractivity contribution is 5.89. The molecular formula is C22H23N3O. The molecule has 1 aliphatic rings. The molecule has 0 spiro atoms.